The van der Waals surface area contributed by atoms with Crippen LogP contribution >= 0.6 is 0 Å². The van der Waals surface area contributed by atoms with Crippen molar-refractivity contribution < 1.29 is 23.9 Å². The summed E-state index contributed by atoms with van der Waals surface area (Å²) < 4.78 is 11.9. The fraction of sp³-hybridized carbons (Fsp3) is 0.500. The third kappa shape index (κ3) is 7.83. The van der Waals surface area contributed by atoms with E-state index in [4.69, 9.17) is 9.47 Å². The van der Waals surface area contributed by atoms with Crippen LogP contribution in [0.1, 0.15) is 68.2 Å². The number of imidazole rings is 1. The number of amides is 1. The maximum atomic E-state index is 12.9. The van der Waals surface area contributed by atoms with Gasteiger partial charge in [0, 0.05) is 18.3 Å². The van der Waals surface area contributed by atoms with Gasteiger partial charge in [-0.1, -0.05) is 44.4 Å². The molecule has 0 aliphatic carbocycles. The Morgan fingerprint density at radius 2 is 1.62 bits per heavy atom. The molecule has 2 rings (SSSR count). The lowest BCUT2D eigenvalue weighted by Gasteiger charge is -2.08. The van der Waals surface area contributed by atoms with Gasteiger partial charge in [0.05, 0.1) is 19.6 Å². The maximum Gasteiger partial charge on any atom is 0.313 e. The van der Waals surface area contributed by atoms with E-state index in [-0.39, 0.29) is 37.3 Å². The third-order valence-electron chi connectivity index (χ3n) is 4.86. The Morgan fingerprint density at radius 3 is 2.31 bits per heavy atom. The molecule has 8 nitrogen and oxygen atoms in total. The minimum atomic E-state index is -0.388. The van der Waals surface area contributed by atoms with Crippen molar-refractivity contribution in [2.24, 2.45) is 0 Å². The van der Waals surface area contributed by atoms with Crippen LogP contribution in [0, 0.1) is 0 Å². The number of rotatable bonds is 13. The molecule has 0 bridgehead atoms. The van der Waals surface area contributed by atoms with E-state index in [1.807, 2.05) is 4.57 Å². The van der Waals surface area contributed by atoms with Crippen LogP contribution in [0.2, 0.25) is 0 Å². The van der Waals surface area contributed by atoms with Gasteiger partial charge in [0.2, 0.25) is 0 Å². The van der Waals surface area contributed by atoms with Gasteiger partial charge in [-0.25, -0.2) is 4.98 Å². The minimum absolute atomic E-state index is 0.0113. The molecular formula is C24H33N3O5. The highest BCUT2D eigenvalue weighted by atomic mass is 16.5. The number of nitrogens with one attached hydrogen (secondary N) is 1. The fourth-order valence-electron chi connectivity index (χ4n) is 3.35. The quantitative estimate of drug-likeness (QED) is 0.372. The van der Waals surface area contributed by atoms with Gasteiger partial charge in [0.15, 0.2) is 5.82 Å². The molecule has 8 heteroatoms. The summed E-state index contributed by atoms with van der Waals surface area (Å²) in [5.74, 6) is -0.208. The van der Waals surface area contributed by atoms with Crippen LogP contribution in [0.3, 0.4) is 0 Å². The first kappa shape index (κ1) is 25.1. The van der Waals surface area contributed by atoms with Gasteiger partial charge < -0.3 is 19.4 Å². The van der Waals surface area contributed by atoms with E-state index in [0.29, 0.717) is 35.9 Å². The number of anilines is 1. The third-order valence-corrected chi connectivity index (χ3v) is 4.86. The lowest BCUT2D eigenvalue weighted by Crippen LogP contribution is -2.17. The summed E-state index contributed by atoms with van der Waals surface area (Å²) >= 11 is 0. The Bertz CT molecular complexity index is 907. The highest BCUT2D eigenvalue weighted by Gasteiger charge is 2.18. The number of esters is 2. The summed E-state index contributed by atoms with van der Waals surface area (Å²) in [4.78, 5) is 41.2. The Morgan fingerprint density at radius 1 is 0.938 bits per heavy atom. The lowest BCUT2D eigenvalue weighted by molar-refractivity contribution is -0.143. The summed E-state index contributed by atoms with van der Waals surface area (Å²) in [5, 5.41) is 2.80. The zero-order valence-corrected chi connectivity index (χ0v) is 19.2. The Hall–Kier alpha value is -3.16. The van der Waals surface area contributed by atoms with Crippen LogP contribution < -0.4 is 5.32 Å². The van der Waals surface area contributed by atoms with Crippen LogP contribution in [0.4, 0.5) is 5.82 Å². The summed E-state index contributed by atoms with van der Waals surface area (Å²) in [6, 6.07) is 6.89. The number of ether oxygens (including phenoxy) is 2. The summed E-state index contributed by atoms with van der Waals surface area (Å²) in [6.07, 6.45) is 6.10. The van der Waals surface area contributed by atoms with Crippen LogP contribution in [0.5, 0.6) is 0 Å². The molecule has 0 aliphatic heterocycles. The molecule has 0 spiro atoms. The topological polar surface area (TPSA) is 99.5 Å². The molecule has 32 heavy (non-hydrogen) atoms. The zero-order valence-electron chi connectivity index (χ0n) is 19.2. The Balaban J connectivity index is 2.17. The summed E-state index contributed by atoms with van der Waals surface area (Å²) in [5.41, 5.74) is 0.958. The first-order valence-electron chi connectivity index (χ1n) is 11.2. The number of hydrogen-bond acceptors (Lipinski definition) is 6. The zero-order chi connectivity index (χ0) is 23.3. The monoisotopic (exact) mass is 443 g/mol. The van der Waals surface area contributed by atoms with E-state index in [1.54, 1.807) is 44.3 Å². The molecule has 2 aromatic rings. The first-order chi connectivity index (χ1) is 15.5. The normalized spacial score (nSPS) is 10.6. The molecule has 1 N–H and O–H groups in total. The van der Waals surface area contributed by atoms with Crippen LogP contribution in [0.25, 0.3) is 0 Å². The number of aryl methyl sites for hydroxylation is 1. The molecule has 174 valence electrons. The number of aromatic nitrogens is 2. The molecular weight excluding hydrogens is 410 g/mol. The van der Waals surface area contributed by atoms with E-state index in [9.17, 15) is 14.4 Å². The standard InChI is InChI=1S/C24H33N3O5/c1-4-7-8-11-14-27-17-20(25-21(27)16-23(29)32-6-3)26-24(30)19-13-10-9-12-18(19)15-22(28)31-5-2/h9-10,12-13,17H,4-8,11,14-16H2,1-3H3,(H,26,30). The minimum Gasteiger partial charge on any atom is -0.466 e. The smallest absolute Gasteiger partial charge is 0.313 e. The van der Waals surface area contributed by atoms with Gasteiger partial charge in [-0.15, -0.1) is 0 Å². The van der Waals surface area contributed by atoms with Crippen molar-refractivity contribution >= 4 is 23.7 Å². The largest absolute Gasteiger partial charge is 0.466 e. The second-order valence-corrected chi connectivity index (χ2v) is 7.37. The van der Waals surface area contributed by atoms with Gasteiger partial charge in [0.25, 0.3) is 5.91 Å². The molecule has 1 aromatic heterocycles. The number of unbranched alkanes of at least 4 members (excludes halogenated alkanes) is 3. The van der Waals surface area contributed by atoms with E-state index in [2.05, 4.69) is 17.2 Å². The van der Waals surface area contributed by atoms with E-state index in [0.717, 1.165) is 25.7 Å². The molecule has 0 fully saturated rings. The molecule has 0 aliphatic rings. The maximum absolute atomic E-state index is 12.9. The van der Waals surface area contributed by atoms with E-state index >= 15 is 0 Å². The second kappa shape index (κ2) is 13.3. The highest BCUT2D eigenvalue weighted by Crippen LogP contribution is 2.16. The van der Waals surface area contributed by atoms with Crippen molar-refractivity contribution in [2.75, 3.05) is 18.5 Å². The average molecular weight is 444 g/mol. The number of carbonyl (C=O) groups excluding carboxylic acids is 3. The average Bonchev–Trinajstić information content (AvgIpc) is 3.12. The van der Waals surface area contributed by atoms with Gasteiger partial charge in [0.1, 0.15) is 12.2 Å². The van der Waals surface area contributed by atoms with Gasteiger partial charge in [-0.3, -0.25) is 14.4 Å². The Kier molecular flexibility index (Phi) is 10.4. The van der Waals surface area contributed by atoms with Crippen molar-refractivity contribution in [1.82, 2.24) is 9.55 Å². The fourth-order valence-corrected chi connectivity index (χ4v) is 3.35. The number of benzene rings is 1. The molecule has 1 aromatic carbocycles. The van der Waals surface area contributed by atoms with Crippen molar-refractivity contribution in [1.29, 1.82) is 0 Å². The van der Waals surface area contributed by atoms with E-state index < -0.39 is 0 Å². The Labute approximate surface area is 189 Å². The number of nitrogens with zero attached hydrogens (tertiary/aromatic N) is 2. The van der Waals surface area contributed by atoms with Gasteiger partial charge in [-0.2, -0.15) is 0 Å². The van der Waals surface area contributed by atoms with Crippen LogP contribution in [-0.2, 0) is 38.4 Å². The predicted octanol–water partition coefficient (Wildman–Crippen LogP) is 3.93. The predicted molar refractivity (Wildman–Crippen MR) is 121 cm³/mol. The van der Waals surface area contributed by atoms with Crippen molar-refractivity contribution in [3.63, 3.8) is 0 Å². The molecule has 0 radical (unpaired) electrons. The molecule has 0 unspecified atom stereocenters. The second-order valence-electron chi connectivity index (χ2n) is 7.37. The number of carbonyl (C=O) groups is 3. The van der Waals surface area contributed by atoms with Crippen LogP contribution in [-0.4, -0.2) is 40.6 Å². The first-order valence-corrected chi connectivity index (χ1v) is 11.2. The molecule has 1 amide bonds. The lowest BCUT2D eigenvalue weighted by atomic mass is 10.0. The van der Waals surface area contributed by atoms with Gasteiger partial charge in [-0.05, 0) is 31.9 Å². The molecule has 0 atom stereocenters. The SMILES string of the molecule is CCCCCCn1cc(NC(=O)c2ccccc2CC(=O)OCC)nc1CC(=O)OCC. The van der Waals surface area contributed by atoms with Crippen molar-refractivity contribution in [3.05, 3.63) is 47.4 Å². The van der Waals surface area contributed by atoms with Gasteiger partial charge >= 0.3 is 11.9 Å². The van der Waals surface area contributed by atoms with Crippen LogP contribution in [0.15, 0.2) is 30.5 Å². The molecule has 1 heterocycles. The highest BCUT2D eigenvalue weighted by molar-refractivity contribution is 6.05. The van der Waals surface area contributed by atoms with Crippen molar-refractivity contribution in [3.8, 4) is 0 Å². The molecule has 0 saturated heterocycles. The molecule has 0 saturated carbocycles. The summed E-state index contributed by atoms with van der Waals surface area (Å²) in [7, 11) is 0. The van der Waals surface area contributed by atoms with E-state index in [1.165, 1.54) is 0 Å². The summed E-state index contributed by atoms with van der Waals surface area (Å²) in [6.45, 7) is 6.94. The number of hydrogen-bond donors (Lipinski definition) is 1. The van der Waals surface area contributed by atoms with Crippen molar-refractivity contribution in [2.45, 2.75) is 65.8 Å².